The van der Waals surface area contributed by atoms with Crippen LogP contribution in [0.1, 0.15) is 5.56 Å². The van der Waals surface area contributed by atoms with Gasteiger partial charge in [-0.25, -0.2) is 0 Å². The summed E-state index contributed by atoms with van der Waals surface area (Å²) in [6, 6.07) is 25.2. The molecule has 0 aliphatic heterocycles. The first-order valence-electron chi connectivity index (χ1n) is 7.09. The van der Waals surface area contributed by atoms with E-state index in [1.165, 1.54) is 16.7 Å². The summed E-state index contributed by atoms with van der Waals surface area (Å²) in [6.07, 6.45) is 0. The van der Waals surface area contributed by atoms with Crippen LogP contribution in [0.2, 0.25) is 0 Å². The van der Waals surface area contributed by atoms with Gasteiger partial charge in [0.25, 0.3) is 0 Å². The summed E-state index contributed by atoms with van der Waals surface area (Å²) in [5.41, 5.74) is 5.93. The van der Waals surface area contributed by atoms with Crippen LogP contribution in [0.3, 0.4) is 0 Å². The molecular formula is C20H18O. The number of para-hydroxylation sites is 1. The molecule has 0 saturated carbocycles. The zero-order valence-electron chi connectivity index (χ0n) is 12.3. The van der Waals surface area contributed by atoms with Crippen LogP contribution < -0.4 is 4.74 Å². The van der Waals surface area contributed by atoms with Crippen molar-refractivity contribution in [1.82, 2.24) is 0 Å². The van der Waals surface area contributed by atoms with Crippen molar-refractivity contribution < 1.29 is 4.74 Å². The average molecular weight is 274 g/mol. The molecule has 0 fully saturated rings. The summed E-state index contributed by atoms with van der Waals surface area (Å²) in [5.74, 6) is 0.945. The van der Waals surface area contributed by atoms with E-state index >= 15 is 0 Å². The Kier molecular flexibility index (Phi) is 3.74. The van der Waals surface area contributed by atoms with E-state index in [2.05, 4.69) is 73.7 Å². The molecule has 3 aromatic carbocycles. The van der Waals surface area contributed by atoms with E-state index in [9.17, 15) is 0 Å². The van der Waals surface area contributed by atoms with Crippen molar-refractivity contribution in [2.24, 2.45) is 0 Å². The van der Waals surface area contributed by atoms with Crippen molar-refractivity contribution in [3.05, 3.63) is 78.4 Å². The predicted molar refractivity (Wildman–Crippen MR) is 88.6 cm³/mol. The standard InChI is InChI=1S/C20H18O/c1-15-9-8-14-19(20(15)21-2)18-13-7-6-12-17(18)16-10-4-3-5-11-16/h3-14H,1-2H3. The molecule has 0 atom stereocenters. The van der Waals surface area contributed by atoms with Gasteiger partial charge in [0.15, 0.2) is 0 Å². The van der Waals surface area contributed by atoms with E-state index in [0.29, 0.717) is 0 Å². The molecule has 1 heteroatoms. The molecule has 0 amide bonds. The highest BCUT2D eigenvalue weighted by molar-refractivity contribution is 5.86. The smallest absolute Gasteiger partial charge is 0.129 e. The van der Waals surface area contributed by atoms with Crippen molar-refractivity contribution in [2.45, 2.75) is 6.92 Å². The Morgan fingerprint density at radius 2 is 1.24 bits per heavy atom. The Hall–Kier alpha value is -2.54. The third-order valence-electron chi connectivity index (χ3n) is 3.72. The molecule has 0 heterocycles. The number of benzene rings is 3. The molecule has 0 unspecified atom stereocenters. The molecule has 0 spiro atoms. The van der Waals surface area contributed by atoms with Crippen LogP contribution in [0.5, 0.6) is 5.75 Å². The lowest BCUT2D eigenvalue weighted by atomic mass is 9.93. The number of hydrogen-bond donors (Lipinski definition) is 0. The monoisotopic (exact) mass is 274 g/mol. The normalized spacial score (nSPS) is 10.4. The molecule has 0 aromatic heterocycles. The Bertz CT molecular complexity index is 745. The first-order chi connectivity index (χ1) is 10.3. The van der Waals surface area contributed by atoms with Gasteiger partial charge in [-0.15, -0.1) is 0 Å². The molecule has 21 heavy (non-hydrogen) atoms. The molecule has 104 valence electrons. The fourth-order valence-electron chi connectivity index (χ4n) is 2.72. The number of aryl methyl sites for hydroxylation is 1. The van der Waals surface area contributed by atoms with E-state index < -0.39 is 0 Å². The minimum absolute atomic E-state index is 0.945. The van der Waals surface area contributed by atoms with Crippen molar-refractivity contribution >= 4 is 0 Å². The van der Waals surface area contributed by atoms with Crippen LogP contribution in [0, 0.1) is 6.92 Å². The molecule has 0 saturated heterocycles. The second kappa shape index (κ2) is 5.84. The van der Waals surface area contributed by atoms with Crippen LogP contribution >= 0.6 is 0 Å². The van der Waals surface area contributed by atoms with Gasteiger partial charge in [0.2, 0.25) is 0 Å². The van der Waals surface area contributed by atoms with Crippen molar-refractivity contribution in [3.63, 3.8) is 0 Å². The van der Waals surface area contributed by atoms with Gasteiger partial charge < -0.3 is 4.74 Å². The lowest BCUT2D eigenvalue weighted by Crippen LogP contribution is -1.92. The Morgan fingerprint density at radius 3 is 1.95 bits per heavy atom. The molecule has 0 aliphatic rings. The van der Waals surface area contributed by atoms with E-state index in [1.54, 1.807) is 7.11 Å². The first kappa shape index (κ1) is 13.4. The maximum Gasteiger partial charge on any atom is 0.129 e. The van der Waals surface area contributed by atoms with Gasteiger partial charge >= 0.3 is 0 Å². The average Bonchev–Trinajstić information content (AvgIpc) is 2.55. The third kappa shape index (κ3) is 2.55. The van der Waals surface area contributed by atoms with Gasteiger partial charge in [-0.05, 0) is 29.2 Å². The van der Waals surface area contributed by atoms with E-state index in [4.69, 9.17) is 4.74 Å². The molecular weight excluding hydrogens is 256 g/mol. The summed E-state index contributed by atoms with van der Waals surface area (Å²) in [5, 5.41) is 0. The lowest BCUT2D eigenvalue weighted by molar-refractivity contribution is 0.413. The van der Waals surface area contributed by atoms with Gasteiger partial charge in [-0.3, -0.25) is 0 Å². The fraction of sp³-hybridized carbons (Fsp3) is 0.100. The van der Waals surface area contributed by atoms with E-state index in [0.717, 1.165) is 16.9 Å². The topological polar surface area (TPSA) is 9.23 Å². The van der Waals surface area contributed by atoms with Gasteiger partial charge in [0.1, 0.15) is 5.75 Å². The van der Waals surface area contributed by atoms with Crippen molar-refractivity contribution in [3.8, 4) is 28.0 Å². The van der Waals surface area contributed by atoms with Crippen LogP contribution in [0.25, 0.3) is 22.3 Å². The Labute approximate surface area is 125 Å². The predicted octanol–water partition coefficient (Wildman–Crippen LogP) is 5.34. The van der Waals surface area contributed by atoms with Crippen LogP contribution in [-0.4, -0.2) is 7.11 Å². The second-order valence-electron chi connectivity index (χ2n) is 5.07. The van der Waals surface area contributed by atoms with Crippen LogP contribution in [-0.2, 0) is 0 Å². The molecule has 0 bridgehead atoms. The number of methoxy groups -OCH3 is 1. The van der Waals surface area contributed by atoms with Crippen molar-refractivity contribution in [1.29, 1.82) is 0 Å². The molecule has 0 N–H and O–H groups in total. The highest BCUT2D eigenvalue weighted by atomic mass is 16.5. The zero-order valence-corrected chi connectivity index (χ0v) is 12.3. The van der Waals surface area contributed by atoms with Gasteiger partial charge in [0, 0.05) is 5.56 Å². The van der Waals surface area contributed by atoms with Gasteiger partial charge in [-0.1, -0.05) is 72.8 Å². The lowest BCUT2D eigenvalue weighted by Gasteiger charge is -2.15. The highest BCUT2D eigenvalue weighted by Crippen LogP contribution is 2.38. The number of hydrogen-bond acceptors (Lipinski definition) is 1. The first-order valence-corrected chi connectivity index (χ1v) is 7.09. The fourth-order valence-corrected chi connectivity index (χ4v) is 2.72. The summed E-state index contributed by atoms with van der Waals surface area (Å²) in [4.78, 5) is 0. The largest absolute Gasteiger partial charge is 0.496 e. The third-order valence-corrected chi connectivity index (χ3v) is 3.72. The molecule has 3 rings (SSSR count). The minimum atomic E-state index is 0.945. The quantitative estimate of drug-likeness (QED) is 0.626. The van der Waals surface area contributed by atoms with E-state index in [-0.39, 0.29) is 0 Å². The molecule has 1 nitrogen and oxygen atoms in total. The summed E-state index contributed by atoms with van der Waals surface area (Å²) in [7, 11) is 1.73. The minimum Gasteiger partial charge on any atom is -0.496 e. The Balaban J connectivity index is 2.23. The number of ether oxygens (including phenoxy) is 1. The Morgan fingerprint density at radius 1 is 0.619 bits per heavy atom. The summed E-state index contributed by atoms with van der Waals surface area (Å²) in [6.45, 7) is 2.08. The van der Waals surface area contributed by atoms with Gasteiger partial charge in [-0.2, -0.15) is 0 Å². The summed E-state index contributed by atoms with van der Waals surface area (Å²) < 4.78 is 5.62. The maximum absolute atomic E-state index is 5.62. The SMILES string of the molecule is COc1c(C)cccc1-c1ccccc1-c1ccccc1. The van der Waals surface area contributed by atoms with Crippen molar-refractivity contribution in [2.75, 3.05) is 7.11 Å². The maximum atomic E-state index is 5.62. The molecule has 0 radical (unpaired) electrons. The van der Waals surface area contributed by atoms with Crippen LogP contribution in [0.15, 0.2) is 72.8 Å². The van der Waals surface area contributed by atoms with E-state index in [1.807, 2.05) is 6.07 Å². The number of rotatable bonds is 3. The summed E-state index contributed by atoms with van der Waals surface area (Å²) >= 11 is 0. The molecule has 0 aliphatic carbocycles. The second-order valence-corrected chi connectivity index (χ2v) is 5.07. The zero-order chi connectivity index (χ0) is 14.7. The van der Waals surface area contributed by atoms with Gasteiger partial charge in [0.05, 0.1) is 7.11 Å². The van der Waals surface area contributed by atoms with Crippen LogP contribution in [0.4, 0.5) is 0 Å². The molecule has 3 aromatic rings. The highest BCUT2D eigenvalue weighted by Gasteiger charge is 2.12.